The Morgan fingerprint density at radius 2 is 2.33 bits per heavy atom. The van der Waals surface area contributed by atoms with Crippen molar-refractivity contribution in [3.8, 4) is 5.75 Å². The SMILES string of the molecule is COc1cc(F)ccc1NC(=O)C1COCC1N. The number of amides is 1. The zero-order valence-electron chi connectivity index (χ0n) is 9.98. The molecule has 0 bridgehead atoms. The normalized spacial score (nSPS) is 22.8. The van der Waals surface area contributed by atoms with Gasteiger partial charge in [-0.25, -0.2) is 4.39 Å². The Morgan fingerprint density at radius 3 is 2.94 bits per heavy atom. The molecule has 6 heteroatoms. The van der Waals surface area contributed by atoms with E-state index in [1.807, 2.05) is 0 Å². The first kappa shape index (κ1) is 12.8. The van der Waals surface area contributed by atoms with E-state index < -0.39 is 5.82 Å². The lowest BCUT2D eigenvalue weighted by atomic mass is 10.0. The van der Waals surface area contributed by atoms with Crippen molar-refractivity contribution in [3.05, 3.63) is 24.0 Å². The van der Waals surface area contributed by atoms with Crippen molar-refractivity contribution in [1.82, 2.24) is 0 Å². The molecule has 1 aromatic carbocycles. The maximum absolute atomic E-state index is 13.0. The van der Waals surface area contributed by atoms with Crippen LogP contribution in [0.25, 0.3) is 0 Å². The Balaban J connectivity index is 2.11. The number of carbonyl (C=O) groups is 1. The molecule has 1 amide bonds. The van der Waals surface area contributed by atoms with Gasteiger partial charge in [0.1, 0.15) is 11.6 Å². The third kappa shape index (κ3) is 2.60. The summed E-state index contributed by atoms with van der Waals surface area (Å²) in [6.45, 7) is 0.676. The highest BCUT2D eigenvalue weighted by atomic mass is 19.1. The third-order valence-corrected chi connectivity index (χ3v) is 2.88. The fourth-order valence-electron chi connectivity index (χ4n) is 1.83. The van der Waals surface area contributed by atoms with E-state index in [4.69, 9.17) is 15.2 Å². The van der Waals surface area contributed by atoms with Crippen LogP contribution < -0.4 is 15.8 Å². The van der Waals surface area contributed by atoms with Crippen LogP contribution in [-0.2, 0) is 9.53 Å². The molecular formula is C12H15FN2O3. The molecule has 1 heterocycles. The smallest absolute Gasteiger partial charge is 0.231 e. The van der Waals surface area contributed by atoms with Crippen LogP contribution in [0.3, 0.4) is 0 Å². The molecule has 3 N–H and O–H groups in total. The molecule has 2 atom stereocenters. The van der Waals surface area contributed by atoms with Crippen LogP contribution in [0.1, 0.15) is 0 Å². The van der Waals surface area contributed by atoms with Gasteiger partial charge in [0.05, 0.1) is 31.9 Å². The van der Waals surface area contributed by atoms with E-state index in [9.17, 15) is 9.18 Å². The summed E-state index contributed by atoms with van der Waals surface area (Å²) in [5, 5.41) is 2.67. The van der Waals surface area contributed by atoms with E-state index in [1.165, 1.54) is 25.3 Å². The quantitative estimate of drug-likeness (QED) is 0.834. The maximum atomic E-state index is 13.0. The van der Waals surface area contributed by atoms with Crippen LogP contribution in [0.4, 0.5) is 10.1 Å². The minimum absolute atomic E-state index is 0.245. The summed E-state index contributed by atoms with van der Waals surface area (Å²) >= 11 is 0. The maximum Gasteiger partial charge on any atom is 0.231 e. The van der Waals surface area contributed by atoms with Crippen LogP contribution in [0.2, 0.25) is 0 Å². The Hall–Kier alpha value is -1.66. The summed E-state index contributed by atoms with van der Waals surface area (Å²) in [7, 11) is 1.41. The average Bonchev–Trinajstić information content (AvgIpc) is 2.77. The number of halogens is 1. The van der Waals surface area contributed by atoms with Crippen molar-refractivity contribution in [2.75, 3.05) is 25.6 Å². The Bertz CT molecular complexity index is 453. The largest absolute Gasteiger partial charge is 0.494 e. The second kappa shape index (κ2) is 5.32. The number of ether oxygens (including phenoxy) is 2. The Kier molecular flexibility index (Phi) is 3.78. The fraction of sp³-hybridized carbons (Fsp3) is 0.417. The molecule has 0 spiro atoms. The van der Waals surface area contributed by atoms with Gasteiger partial charge in [0, 0.05) is 12.1 Å². The summed E-state index contributed by atoms with van der Waals surface area (Å²) in [5.74, 6) is -0.786. The van der Waals surface area contributed by atoms with Crippen molar-refractivity contribution in [3.63, 3.8) is 0 Å². The number of nitrogens with one attached hydrogen (secondary N) is 1. The van der Waals surface area contributed by atoms with Crippen LogP contribution in [0, 0.1) is 11.7 Å². The first-order chi connectivity index (χ1) is 8.61. The van der Waals surface area contributed by atoms with Crippen molar-refractivity contribution in [2.45, 2.75) is 6.04 Å². The lowest BCUT2D eigenvalue weighted by molar-refractivity contribution is -0.120. The second-order valence-electron chi connectivity index (χ2n) is 4.14. The molecule has 18 heavy (non-hydrogen) atoms. The highest BCUT2D eigenvalue weighted by Crippen LogP contribution is 2.26. The molecule has 0 aromatic heterocycles. The summed E-state index contributed by atoms with van der Waals surface area (Å²) < 4.78 is 23.1. The number of hydrogen-bond donors (Lipinski definition) is 2. The van der Waals surface area contributed by atoms with E-state index in [1.54, 1.807) is 0 Å². The lowest BCUT2D eigenvalue weighted by Crippen LogP contribution is -2.37. The number of hydrogen-bond acceptors (Lipinski definition) is 4. The molecule has 2 unspecified atom stereocenters. The van der Waals surface area contributed by atoms with Gasteiger partial charge in [0.25, 0.3) is 0 Å². The molecule has 0 saturated carbocycles. The molecule has 2 rings (SSSR count). The van der Waals surface area contributed by atoms with Gasteiger partial charge in [0.15, 0.2) is 0 Å². The van der Waals surface area contributed by atoms with Crippen molar-refractivity contribution in [1.29, 1.82) is 0 Å². The van der Waals surface area contributed by atoms with Crippen LogP contribution in [0.15, 0.2) is 18.2 Å². The number of benzene rings is 1. The van der Waals surface area contributed by atoms with Gasteiger partial charge < -0.3 is 20.5 Å². The van der Waals surface area contributed by atoms with Gasteiger partial charge >= 0.3 is 0 Å². The molecule has 98 valence electrons. The third-order valence-electron chi connectivity index (χ3n) is 2.88. The molecular weight excluding hydrogens is 239 g/mol. The van der Waals surface area contributed by atoms with E-state index in [0.717, 1.165) is 0 Å². The van der Waals surface area contributed by atoms with Gasteiger partial charge in [-0.15, -0.1) is 0 Å². The van der Waals surface area contributed by atoms with Crippen molar-refractivity contribution >= 4 is 11.6 Å². The molecule has 1 saturated heterocycles. The highest BCUT2D eigenvalue weighted by molar-refractivity contribution is 5.94. The number of rotatable bonds is 3. The molecule has 0 aliphatic carbocycles. The van der Waals surface area contributed by atoms with E-state index in [2.05, 4.69) is 5.32 Å². The van der Waals surface area contributed by atoms with Gasteiger partial charge in [-0.3, -0.25) is 4.79 Å². The average molecular weight is 254 g/mol. The summed E-state index contributed by atoms with van der Waals surface area (Å²) in [6.07, 6.45) is 0. The minimum Gasteiger partial charge on any atom is -0.494 e. The van der Waals surface area contributed by atoms with E-state index in [-0.39, 0.29) is 23.6 Å². The number of anilines is 1. The highest BCUT2D eigenvalue weighted by Gasteiger charge is 2.31. The molecule has 5 nitrogen and oxygen atoms in total. The topological polar surface area (TPSA) is 73.6 Å². The predicted octanol–water partition coefficient (Wildman–Crippen LogP) is 0.746. The first-order valence-corrected chi connectivity index (χ1v) is 5.59. The van der Waals surface area contributed by atoms with Gasteiger partial charge in [-0.05, 0) is 12.1 Å². The second-order valence-corrected chi connectivity index (χ2v) is 4.14. The molecule has 0 radical (unpaired) electrons. The molecule has 1 fully saturated rings. The zero-order valence-corrected chi connectivity index (χ0v) is 9.98. The zero-order chi connectivity index (χ0) is 13.1. The van der Waals surface area contributed by atoms with Crippen molar-refractivity contribution < 1.29 is 18.7 Å². The Labute approximate surface area is 104 Å². The summed E-state index contributed by atoms with van der Waals surface area (Å²) in [4.78, 5) is 12.0. The van der Waals surface area contributed by atoms with E-state index in [0.29, 0.717) is 18.9 Å². The van der Waals surface area contributed by atoms with Gasteiger partial charge in [-0.1, -0.05) is 0 Å². The van der Waals surface area contributed by atoms with Gasteiger partial charge in [0.2, 0.25) is 5.91 Å². The summed E-state index contributed by atoms with van der Waals surface area (Å²) in [6, 6.07) is 3.61. The number of nitrogens with two attached hydrogens (primary N) is 1. The lowest BCUT2D eigenvalue weighted by Gasteiger charge is -2.15. The van der Waals surface area contributed by atoms with Crippen LogP contribution in [-0.4, -0.2) is 32.3 Å². The number of methoxy groups -OCH3 is 1. The fourth-order valence-corrected chi connectivity index (χ4v) is 1.83. The standard InChI is InChI=1S/C12H15FN2O3/c1-17-11-4-7(13)2-3-10(11)15-12(16)8-5-18-6-9(8)14/h2-4,8-9H,5-6,14H2,1H3,(H,15,16). The molecule has 1 aromatic rings. The van der Waals surface area contributed by atoms with Crippen molar-refractivity contribution in [2.24, 2.45) is 11.7 Å². The number of carbonyl (C=O) groups excluding carboxylic acids is 1. The van der Waals surface area contributed by atoms with Crippen LogP contribution >= 0.6 is 0 Å². The Morgan fingerprint density at radius 1 is 1.56 bits per heavy atom. The van der Waals surface area contributed by atoms with Gasteiger partial charge in [-0.2, -0.15) is 0 Å². The molecule has 1 aliphatic heterocycles. The monoisotopic (exact) mass is 254 g/mol. The minimum atomic E-state index is -0.425. The molecule has 1 aliphatic rings. The van der Waals surface area contributed by atoms with E-state index >= 15 is 0 Å². The first-order valence-electron chi connectivity index (χ1n) is 5.59. The summed E-state index contributed by atoms with van der Waals surface area (Å²) in [5.41, 5.74) is 6.17. The predicted molar refractivity (Wildman–Crippen MR) is 63.9 cm³/mol. The van der Waals surface area contributed by atoms with Crippen LogP contribution in [0.5, 0.6) is 5.75 Å².